The molecule has 0 aliphatic carbocycles. The lowest BCUT2D eigenvalue weighted by molar-refractivity contribution is 0.0492. The highest BCUT2D eigenvalue weighted by atomic mass is 35.5. The third-order valence-corrected chi connectivity index (χ3v) is 6.27. The first-order valence-electron chi connectivity index (χ1n) is 10.1. The molecule has 0 radical (unpaired) electrons. The van der Waals surface area contributed by atoms with Crippen molar-refractivity contribution in [3.63, 3.8) is 0 Å². The first-order chi connectivity index (χ1) is 15.4. The molecule has 4 heterocycles. The fourth-order valence-corrected chi connectivity index (χ4v) is 4.57. The standard InChI is InChI=1S/C21H19Cl2FN6O2/c1-11(18-14(22)2-3-15(24)19(18)23)32-30-17-5-4-16(27-20(17)28-21(30)31)12-8-26-29(10-12)13-6-7-25-9-13/h2-5,8,10-11,13,25H,6-7,9H2,1H3,(H,27,28,31). The third-order valence-electron chi connectivity index (χ3n) is 5.56. The molecule has 0 saturated carbocycles. The number of pyridine rings is 1. The van der Waals surface area contributed by atoms with Crippen molar-refractivity contribution in [3.05, 3.63) is 68.6 Å². The minimum Gasteiger partial charge on any atom is -0.401 e. The topological polar surface area (TPSA) is 89.8 Å². The molecule has 8 nitrogen and oxygen atoms in total. The predicted molar refractivity (Wildman–Crippen MR) is 120 cm³/mol. The molecule has 2 unspecified atom stereocenters. The van der Waals surface area contributed by atoms with E-state index in [2.05, 4.69) is 20.4 Å². The van der Waals surface area contributed by atoms with Gasteiger partial charge in [-0.15, -0.1) is 4.73 Å². The molecule has 4 aromatic rings. The minimum absolute atomic E-state index is 0.146. The molecule has 1 aromatic carbocycles. The van der Waals surface area contributed by atoms with Crippen LogP contribution in [0.5, 0.6) is 0 Å². The Balaban J connectivity index is 1.45. The maximum atomic E-state index is 13.9. The molecule has 166 valence electrons. The van der Waals surface area contributed by atoms with E-state index in [1.807, 2.05) is 10.9 Å². The van der Waals surface area contributed by atoms with E-state index in [4.69, 9.17) is 28.0 Å². The second kappa shape index (κ2) is 8.23. The summed E-state index contributed by atoms with van der Waals surface area (Å²) in [5.74, 6) is -0.618. The Morgan fingerprint density at radius 3 is 2.91 bits per heavy atom. The van der Waals surface area contributed by atoms with Gasteiger partial charge in [0.1, 0.15) is 11.3 Å². The van der Waals surface area contributed by atoms with Crippen LogP contribution in [0.25, 0.3) is 22.4 Å². The average Bonchev–Trinajstić information content (AvgIpc) is 3.51. The molecule has 1 aliphatic rings. The number of hydrogen-bond acceptors (Lipinski definition) is 5. The molecule has 11 heteroatoms. The predicted octanol–water partition coefficient (Wildman–Crippen LogP) is 3.76. The van der Waals surface area contributed by atoms with Gasteiger partial charge in [-0.2, -0.15) is 5.10 Å². The average molecular weight is 477 g/mol. The van der Waals surface area contributed by atoms with E-state index in [1.165, 1.54) is 12.1 Å². The zero-order chi connectivity index (χ0) is 22.4. The van der Waals surface area contributed by atoms with Crippen molar-refractivity contribution in [1.82, 2.24) is 29.8 Å². The molecule has 5 rings (SSSR count). The van der Waals surface area contributed by atoms with Crippen molar-refractivity contribution in [1.29, 1.82) is 0 Å². The Hall–Kier alpha value is -2.88. The SMILES string of the molecule is CC(On1c(=O)[nH]c2nc(-c3cnn(C4CCNC4)c3)ccc21)c1c(Cl)ccc(F)c1Cl. The first-order valence-corrected chi connectivity index (χ1v) is 10.9. The maximum Gasteiger partial charge on any atom is 0.360 e. The van der Waals surface area contributed by atoms with Gasteiger partial charge in [0.05, 0.1) is 23.0 Å². The molecule has 2 N–H and O–H groups in total. The van der Waals surface area contributed by atoms with Gasteiger partial charge in [-0.1, -0.05) is 23.2 Å². The summed E-state index contributed by atoms with van der Waals surface area (Å²) in [6.45, 7) is 3.49. The Morgan fingerprint density at radius 2 is 2.12 bits per heavy atom. The molecule has 32 heavy (non-hydrogen) atoms. The monoisotopic (exact) mass is 476 g/mol. The number of fused-ring (bicyclic) bond motifs is 1. The lowest BCUT2D eigenvalue weighted by Crippen LogP contribution is -2.26. The quantitative estimate of drug-likeness (QED) is 0.428. The van der Waals surface area contributed by atoms with Gasteiger partial charge in [-0.05, 0) is 44.2 Å². The summed E-state index contributed by atoms with van der Waals surface area (Å²) >= 11 is 12.3. The van der Waals surface area contributed by atoms with Crippen LogP contribution in [0, 0.1) is 5.82 Å². The molecule has 1 aliphatic heterocycles. The Labute approximate surface area is 191 Å². The highest BCUT2D eigenvalue weighted by Gasteiger charge is 2.22. The summed E-state index contributed by atoms with van der Waals surface area (Å²) in [5, 5.41) is 7.87. The maximum absolute atomic E-state index is 13.9. The number of hydrogen-bond donors (Lipinski definition) is 2. The van der Waals surface area contributed by atoms with Gasteiger partial charge in [-0.25, -0.2) is 14.2 Å². The molecule has 1 saturated heterocycles. The normalized spacial score (nSPS) is 17.2. The van der Waals surface area contributed by atoms with Crippen LogP contribution in [0.3, 0.4) is 0 Å². The van der Waals surface area contributed by atoms with E-state index < -0.39 is 17.6 Å². The van der Waals surface area contributed by atoms with E-state index >= 15 is 0 Å². The van der Waals surface area contributed by atoms with Crippen LogP contribution in [-0.2, 0) is 0 Å². The largest absolute Gasteiger partial charge is 0.401 e. The summed E-state index contributed by atoms with van der Waals surface area (Å²) in [5.41, 5.74) is 2.04. The molecule has 0 bridgehead atoms. The van der Waals surface area contributed by atoms with E-state index in [0.29, 0.717) is 22.9 Å². The fourth-order valence-electron chi connectivity index (χ4n) is 3.90. The Kier molecular flexibility index (Phi) is 5.40. The summed E-state index contributed by atoms with van der Waals surface area (Å²) in [6.07, 6.45) is 3.94. The number of imidazole rings is 1. The molecule has 0 spiro atoms. The molecule has 0 amide bonds. The minimum atomic E-state index is -0.791. The zero-order valence-corrected chi connectivity index (χ0v) is 18.5. The van der Waals surface area contributed by atoms with Crippen molar-refractivity contribution >= 4 is 34.4 Å². The number of benzene rings is 1. The molecule has 2 atom stereocenters. The van der Waals surface area contributed by atoms with Crippen LogP contribution in [0.15, 0.2) is 41.5 Å². The number of halogens is 3. The summed E-state index contributed by atoms with van der Waals surface area (Å²) in [6, 6.07) is 6.41. The lowest BCUT2D eigenvalue weighted by atomic mass is 10.1. The second-order valence-corrected chi connectivity index (χ2v) is 8.43. The third kappa shape index (κ3) is 3.66. The molecule has 3 aromatic heterocycles. The number of aromatic amines is 1. The van der Waals surface area contributed by atoms with Crippen molar-refractivity contribution in [2.75, 3.05) is 13.1 Å². The van der Waals surface area contributed by atoms with Gasteiger partial charge in [0.25, 0.3) is 0 Å². The highest BCUT2D eigenvalue weighted by Crippen LogP contribution is 2.33. The van der Waals surface area contributed by atoms with Gasteiger partial charge < -0.3 is 10.2 Å². The highest BCUT2D eigenvalue weighted by molar-refractivity contribution is 6.36. The number of aromatic nitrogens is 5. The van der Waals surface area contributed by atoms with E-state index in [1.54, 1.807) is 25.3 Å². The summed E-state index contributed by atoms with van der Waals surface area (Å²) in [4.78, 5) is 25.6. The number of rotatable bonds is 5. The molecule has 1 fully saturated rings. The van der Waals surface area contributed by atoms with Gasteiger partial charge in [0.2, 0.25) is 0 Å². The van der Waals surface area contributed by atoms with E-state index in [0.717, 1.165) is 29.8 Å². The second-order valence-electron chi connectivity index (χ2n) is 7.65. The summed E-state index contributed by atoms with van der Waals surface area (Å²) in [7, 11) is 0. The van der Waals surface area contributed by atoms with Crippen LogP contribution in [0.4, 0.5) is 4.39 Å². The van der Waals surface area contributed by atoms with Crippen LogP contribution in [-0.4, -0.2) is 37.6 Å². The number of H-pyrrole nitrogens is 1. The van der Waals surface area contributed by atoms with Crippen molar-refractivity contribution < 1.29 is 9.23 Å². The lowest BCUT2D eigenvalue weighted by Gasteiger charge is -2.17. The van der Waals surface area contributed by atoms with Crippen LogP contribution in [0.1, 0.15) is 31.1 Å². The molecular weight excluding hydrogens is 458 g/mol. The van der Waals surface area contributed by atoms with Crippen LogP contribution >= 0.6 is 23.2 Å². The van der Waals surface area contributed by atoms with E-state index in [9.17, 15) is 9.18 Å². The Morgan fingerprint density at radius 1 is 1.28 bits per heavy atom. The van der Waals surface area contributed by atoms with Crippen molar-refractivity contribution in [2.24, 2.45) is 0 Å². The van der Waals surface area contributed by atoms with Crippen molar-refractivity contribution in [2.45, 2.75) is 25.5 Å². The van der Waals surface area contributed by atoms with Gasteiger partial charge >= 0.3 is 5.69 Å². The van der Waals surface area contributed by atoms with Crippen LogP contribution < -0.4 is 15.8 Å². The van der Waals surface area contributed by atoms with Crippen LogP contribution in [0.2, 0.25) is 10.0 Å². The molecular formula is C21H19Cl2FN6O2. The van der Waals surface area contributed by atoms with Crippen molar-refractivity contribution in [3.8, 4) is 11.3 Å². The smallest absolute Gasteiger partial charge is 0.360 e. The first kappa shape index (κ1) is 21.0. The van der Waals surface area contributed by atoms with E-state index in [-0.39, 0.29) is 15.6 Å². The fraction of sp³-hybridized carbons (Fsp3) is 0.286. The number of nitrogens with zero attached hydrogens (tertiary/aromatic N) is 4. The van der Waals surface area contributed by atoms with Gasteiger partial charge in [-0.3, -0.25) is 9.67 Å². The van der Waals surface area contributed by atoms with Gasteiger partial charge in [0, 0.05) is 28.9 Å². The summed E-state index contributed by atoms with van der Waals surface area (Å²) < 4.78 is 16.9. The number of nitrogens with one attached hydrogen (secondary N) is 2. The zero-order valence-electron chi connectivity index (χ0n) is 17.0. The Bertz CT molecular complexity index is 1360. The van der Waals surface area contributed by atoms with Gasteiger partial charge in [0.15, 0.2) is 11.8 Å².